The molecule has 2 aromatic rings. The van der Waals surface area contributed by atoms with Crippen LogP contribution in [0.1, 0.15) is 18.2 Å². The van der Waals surface area contributed by atoms with Crippen LogP contribution in [0.3, 0.4) is 0 Å². The van der Waals surface area contributed by atoms with Crippen LogP contribution < -0.4 is 15.0 Å². The number of amides is 1. The highest BCUT2D eigenvalue weighted by molar-refractivity contribution is 7.80. The summed E-state index contributed by atoms with van der Waals surface area (Å²) in [5.74, 6) is 0.570. The second-order valence-corrected chi connectivity index (χ2v) is 5.75. The minimum atomic E-state index is -0.188. The molecule has 0 atom stereocenters. The Morgan fingerprint density at radius 3 is 2.62 bits per heavy atom. The quantitative estimate of drug-likeness (QED) is 0.683. The zero-order valence-electron chi connectivity index (χ0n) is 13.7. The number of rotatable bonds is 4. The van der Waals surface area contributed by atoms with E-state index < -0.39 is 0 Å². The van der Waals surface area contributed by atoms with Crippen molar-refractivity contribution in [3.63, 3.8) is 0 Å². The first-order valence-electron chi connectivity index (χ1n) is 7.60. The predicted octanol–water partition coefficient (Wildman–Crippen LogP) is 2.39. The number of aromatic nitrogens is 2. The fourth-order valence-corrected chi connectivity index (χ4v) is 2.74. The van der Waals surface area contributed by atoms with Gasteiger partial charge in [-0.2, -0.15) is 5.10 Å². The third kappa shape index (κ3) is 2.90. The molecular formula is C17H18N4O2S. The fourth-order valence-electron chi connectivity index (χ4n) is 2.44. The first-order chi connectivity index (χ1) is 11.5. The Balaban J connectivity index is 1.87. The molecule has 7 heteroatoms. The van der Waals surface area contributed by atoms with Crippen molar-refractivity contribution in [2.75, 3.05) is 11.5 Å². The number of carbonyl (C=O) groups excluding carboxylic acids is 1. The number of carbonyl (C=O) groups is 1. The highest BCUT2D eigenvalue weighted by Gasteiger charge is 2.32. The van der Waals surface area contributed by atoms with Gasteiger partial charge in [0.1, 0.15) is 11.4 Å². The predicted molar refractivity (Wildman–Crippen MR) is 96.8 cm³/mol. The topological polar surface area (TPSA) is 59.4 Å². The number of hydrogen-bond acceptors (Lipinski definition) is 4. The van der Waals surface area contributed by atoms with Crippen LogP contribution in [0.5, 0.6) is 5.75 Å². The number of benzene rings is 1. The lowest BCUT2D eigenvalue weighted by Crippen LogP contribution is -2.30. The summed E-state index contributed by atoms with van der Waals surface area (Å²) in [6, 6.07) is 7.27. The molecule has 1 fully saturated rings. The summed E-state index contributed by atoms with van der Waals surface area (Å²) in [6.07, 6.45) is 3.49. The van der Waals surface area contributed by atoms with Crippen LogP contribution in [-0.4, -0.2) is 27.4 Å². The first kappa shape index (κ1) is 16.2. The summed E-state index contributed by atoms with van der Waals surface area (Å²) in [4.78, 5) is 14.2. The number of hydrogen-bond donors (Lipinski definition) is 1. The largest absolute Gasteiger partial charge is 0.494 e. The van der Waals surface area contributed by atoms with Crippen molar-refractivity contribution in [2.45, 2.75) is 13.8 Å². The Labute approximate surface area is 145 Å². The maximum Gasteiger partial charge on any atom is 0.281 e. The van der Waals surface area contributed by atoms with Gasteiger partial charge in [-0.05, 0) is 56.4 Å². The van der Waals surface area contributed by atoms with E-state index >= 15 is 0 Å². The second-order valence-electron chi connectivity index (χ2n) is 5.36. The summed E-state index contributed by atoms with van der Waals surface area (Å²) in [5, 5.41) is 7.52. The van der Waals surface area contributed by atoms with Crippen molar-refractivity contribution >= 4 is 35.0 Å². The van der Waals surface area contributed by atoms with Crippen LogP contribution in [0.4, 0.5) is 5.69 Å². The highest BCUT2D eigenvalue weighted by atomic mass is 32.1. The minimum absolute atomic E-state index is 0.188. The van der Waals surface area contributed by atoms with Crippen LogP contribution in [0.25, 0.3) is 6.08 Å². The molecule has 124 valence electrons. The minimum Gasteiger partial charge on any atom is -0.494 e. The first-order valence-corrected chi connectivity index (χ1v) is 8.00. The summed E-state index contributed by atoms with van der Waals surface area (Å²) in [7, 11) is 1.86. The second kappa shape index (κ2) is 6.45. The number of ether oxygens (including phenoxy) is 1. The molecule has 0 saturated carbocycles. The molecule has 1 amide bonds. The Morgan fingerprint density at radius 1 is 1.33 bits per heavy atom. The van der Waals surface area contributed by atoms with E-state index in [4.69, 9.17) is 17.0 Å². The van der Waals surface area contributed by atoms with Gasteiger partial charge in [0, 0.05) is 18.3 Å². The van der Waals surface area contributed by atoms with Crippen LogP contribution >= 0.6 is 12.2 Å². The molecule has 0 radical (unpaired) electrons. The molecule has 3 rings (SSSR count). The Morgan fingerprint density at radius 2 is 2.04 bits per heavy atom. The van der Waals surface area contributed by atoms with Crippen LogP contribution in [-0.2, 0) is 11.8 Å². The van der Waals surface area contributed by atoms with E-state index in [1.54, 1.807) is 17.0 Å². The fraction of sp³-hybridized carbons (Fsp3) is 0.235. The van der Waals surface area contributed by atoms with Crippen molar-refractivity contribution < 1.29 is 9.53 Å². The molecule has 6 nitrogen and oxygen atoms in total. The number of anilines is 1. The molecule has 0 spiro atoms. The third-order valence-electron chi connectivity index (χ3n) is 3.86. The zero-order valence-corrected chi connectivity index (χ0v) is 14.6. The lowest BCUT2D eigenvalue weighted by atomic mass is 10.2. The zero-order chi connectivity index (χ0) is 17.3. The number of aryl methyl sites for hydroxylation is 1. The molecule has 1 aliphatic heterocycles. The summed E-state index contributed by atoms with van der Waals surface area (Å²) in [5.41, 5.74) is 2.99. The van der Waals surface area contributed by atoms with E-state index in [9.17, 15) is 4.79 Å². The van der Waals surface area contributed by atoms with E-state index in [0.717, 1.165) is 17.0 Å². The van der Waals surface area contributed by atoms with Crippen molar-refractivity contribution in [3.8, 4) is 5.75 Å². The molecule has 0 aliphatic carbocycles. The van der Waals surface area contributed by atoms with Gasteiger partial charge in [0.15, 0.2) is 5.11 Å². The number of thiocarbonyl (C=S) groups is 1. The van der Waals surface area contributed by atoms with Crippen molar-refractivity contribution in [3.05, 3.63) is 47.4 Å². The molecule has 0 unspecified atom stereocenters. The van der Waals surface area contributed by atoms with Gasteiger partial charge in [-0.15, -0.1) is 0 Å². The lowest BCUT2D eigenvalue weighted by molar-refractivity contribution is -0.113. The molecular weight excluding hydrogens is 324 g/mol. The smallest absolute Gasteiger partial charge is 0.281 e. The molecule has 1 aromatic carbocycles. The van der Waals surface area contributed by atoms with Gasteiger partial charge < -0.3 is 10.1 Å². The Bertz CT molecular complexity index is 824. The van der Waals surface area contributed by atoms with E-state index in [0.29, 0.717) is 23.1 Å². The third-order valence-corrected chi connectivity index (χ3v) is 4.14. The average Bonchev–Trinajstić information content (AvgIpc) is 3.02. The monoisotopic (exact) mass is 342 g/mol. The number of nitrogens with one attached hydrogen (secondary N) is 1. The normalized spacial score (nSPS) is 16.0. The Kier molecular flexibility index (Phi) is 4.35. The van der Waals surface area contributed by atoms with Crippen molar-refractivity contribution in [1.82, 2.24) is 15.1 Å². The molecule has 24 heavy (non-hydrogen) atoms. The molecule has 1 N–H and O–H groups in total. The van der Waals surface area contributed by atoms with Gasteiger partial charge >= 0.3 is 0 Å². The van der Waals surface area contributed by atoms with Crippen LogP contribution in [0, 0.1) is 6.92 Å². The molecule has 1 aromatic heterocycles. The number of nitrogens with zero attached hydrogens (tertiary/aromatic N) is 3. The van der Waals surface area contributed by atoms with Crippen molar-refractivity contribution in [2.24, 2.45) is 7.05 Å². The van der Waals surface area contributed by atoms with Crippen LogP contribution in [0.15, 0.2) is 36.2 Å². The standard InChI is InChI=1S/C17H18N4O2S/c1-4-23-14-7-5-13(6-8-14)21-16(22)15(19-17(21)24)9-12-10-18-20(3)11(12)2/h5-10H,4H2,1-3H3,(H,19,24)/b15-9+. The van der Waals surface area contributed by atoms with Gasteiger partial charge in [-0.25, -0.2) is 0 Å². The van der Waals surface area contributed by atoms with Gasteiger partial charge in [-0.1, -0.05) is 0 Å². The maximum atomic E-state index is 12.7. The molecule has 0 bridgehead atoms. The van der Waals surface area contributed by atoms with Gasteiger partial charge in [0.25, 0.3) is 5.91 Å². The summed E-state index contributed by atoms with van der Waals surface area (Å²) < 4.78 is 7.18. The maximum absolute atomic E-state index is 12.7. The molecule has 1 saturated heterocycles. The van der Waals surface area contributed by atoms with E-state index in [1.807, 2.05) is 45.2 Å². The van der Waals surface area contributed by atoms with Crippen LogP contribution in [0.2, 0.25) is 0 Å². The van der Waals surface area contributed by atoms with E-state index in [2.05, 4.69) is 10.4 Å². The van der Waals surface area contributed by atoms with Crippen molar-refractivity contribution in [1.29, 1.82) is 0 Å². The average molecular weight is 342 g/mol. The van der Waals surface area contributed by atoms with Gasteiger partial charge in [0.2, 0.25) is 0 Å². The van der Waals surface area contributed by atoms with Gasteiger partial charge in [-0.3, -0.25) is 14.4 Å². The van der Waals surface area contributed by atoms with Gasteiger partial charge in [0.05, 0.1) is 18.5 Å². The highest BCUT2D eigenvalue weighted by Crippen LogP contribution is 2.25. The molecule has 1 aliphatic rings. The SMILES string of the molecule is CCOc1ccc(N2C(=O)/C(=C\c3cnn(C)c3C)NC2=S)cc1. The molecule has 2 heterocycles. The van der Waals surface area contributed by atoms with E-state index in [-0.39, 0.29) is 5.91 Å². The summed E-state index contributed by atoms with van der Waals surface area (Å²) >= 11 is 5.32. The lowest BCUT2D eigenvalue weighted by Gasteiger charge is -2.14. The summed E-state index contributed by atoms with van der Waals surface area (Å²) in [6.45, 7) is 4.47. The Hall–Kier alpha value is -2.67. The van der Waals surface area contributed by atoms with E-state index in [1.165, 1.54) is 4.90 Å².